The number of carbonyl (C=O) groups excluding carboxylic acids is 1. The lowest BCUT2D eigenvalue weighted by atomic mass is 10.2. The van der Waals surface area contributed by atoms with Gasteiger partial charge in [0.25, 0.3) is 0 Å². The third-order valence-corrected chi connectivity index (χ3v) is 6.54. The number of carbonyl (C=O) groups is 1. The largest absolute Gasteiger partial charge is 0.353 e. The van der Waals surface area contributed by atoms with Gasteiger partial charge in [0.15, 0.2) is 0 Å². The number of sulfonamides is 1. The van der Waals surface area contributed by atoms with Gasteiger partial charge in [0.05, 0.1) is 4.90 Å². The minimum Gasteiger partial charge on any atom is -0.353 e. The van der Waals surface area contributed by atoms with Crippen LogP contribution in [0.4, 0.5) is 0 Å². The minimum absolute atomic E-state index is 0.167. The lowest BCUT2D eigenvalue weighted by Crippen LogP contribution is -2.56. The third-order valence-electron chi connectivity index (χ3n) is 3.15. The number of hydrogen-bond donors (Lipinski definition) is 1. The van der Waals surface area contributed by atoms with Gasteiger partial charge in [-0.2, -0.15) is 4.31 Å². The summed E-state index contributed by atoms with van der Waals surface area (Å²) >= 11 is 6.54. The second kappa shape index (κ2) is 6.13. The van der Waals surface area contributed by atoms with Crippen LogP contribution in [0, 0.1) is 0 Å². The summed E-state index contributed by atoms with van der Waals surface area (Å²) in [5, 5.41) is 2.70. The Kier molecular flexibility index (Phi) is 4.88. The van der Waals surface area contributed by atoms with Crippen molar-refractivity contribution in [3.8, 4) is 0 Å². The molecular formula is C12H14Br2N2O3S. The van der Waals surface area contributed by atoms with Crippen molar-refractivity contribution >= 4 is 47.8 Å². The quantitative estimate of drug-likeness (QED) is 0.806. The Hall–Kier alpha value is -0.440. The molecule has 0 spiro atoms. The van der Waals surface area contributed by atoms with Gasteiger partial charge in [-0.1, -0.05) is 22.9 Å². The van der Waals surface area contributed by atoms with Gasteiger partial charge in [-0.3, -0.25) is 4.79 Å². The van der Waals surface area contributed by atoms with Crippen LogP contribution in [0.2, 0.25) is 0 Å². The Bertz CT molecular complexity index is 634. The molecule has 110 valence electrons. The number of hydrogen-bond acceptors (Lipinski definition) is 3. The highest BCUT2D eigenvalue weighted by atomic mass is 79.9. The predicted octanol–water partition coefficient (Wildman–Crippen LogP) is 2.11. The van der Waals surface area contributed by atoms with Gasteiger partial charge in [0, 0.05) is 22.0 Å². The fourth-order valence-corrected chi connectivity index (χ4v) is 5.30. The zero-order valence-electron chi connectivity index (χ0n) is 10.8. The van der Waals surface area contributed by atoms with Crippen molar-refractivity contribution in [2.45, 2.75) is 24.3 Å². The molecule has 1 aliphatic heterocycles. The Balaban J connectivity index is 2.48. The molecule has 1 heterocycles. The molecule has 0 radical (unpaired) electrons. The molecule has 1 amide bonds. The van der Waals surface area contributed by atoms with Crippen LogP contribution in [0.1, 0.15) is 13.3 Å². The summed E-state index contributed by atoms with van der Waals surface area (Å²) < 4.78 is 28.0. The lowest BCUT2D eigenvalue weighted by molar-refractivity contribution is -0.126. The van der Waals surface area contributed by atoms with E-state index in [9.17, 15) is 13.2 Å². The molecule has 20 heavy (non-hydrogen) atoms. The zero-order valence-corrected chi connectivity index (χ0v) is 14.8. The highest BCUT2D eigenvalue weighted by Crippen LogP contribution is 2.30. The van der Waals surface area contributed by atoms with Crippen LogP contribution in [0.3, 0.4) is 0 Å². The number of nitrogens with one attached hydrogen (secondary N) is 1. The third kappa shape index (κ3) is 2.93. The second-order valence-electron chi connectivity index (χ2n) is 4.41. The first-order valence-corrected chi connectivity index (χ1v) is 9.15. The SMILES string of the molecule is CCC1C(=O)NCCN1S(=O)(=O)c1cc(Br)ccc1Br. The van der Waals surface area contributed by atoms with Crippen LogP contribution in [-0.4, -0.2) is 37.8 Å². The number of rotatable bonds is 3. The van der Waals surface area contributed by atoms with E-state index in [1.54, 1.807) is 25.1 Å². The van der Waals surface area contributed by atoms with E-state index >= 15 is 0 Å². The molecule has 1 N–H and O–H groups in total. The van der Waals surface area contributed by atoms with Gasteiger partial charge in [-0.05, 0) is 40.5 Å². The average Bonchev–Trinajstić information content (AvgIpc) is 2.41. The fraction of sp³-hybridized carbons (Fsp3) is 0.417. The van der Waals surface area contributed by atoms with E-state index in [4.69, 9.17) is 0 Å². The summed E-state index contributed by atoms with van der Waals surface area (Å²) in [4.78, 5) is 12.0. The standard InChI is InChI=1S/C12H14Br2N2O3S/c1-2-10-12(17)15-5-6-16(10)20(18,19)11-7-8(13)3-4-9(11)14/h3-4,7,10H,2,5-6H2,1H3,(H,15,17). The highest BCUT2D eigenvalue weighted by Gasteiger charge is 2.38. The minimum atomic E-state index is -3.71. The number of nitrogens with zero attached hydrogens (tertiary/aromatic N) is 1. The van der Waals surface area contributed by atoms with Crippen molar-refractivity contribution in [1.82, 2.24) is 9.62 Å². The number of amides is 1. The molecule has 8 heteroatoms. The Morgan fingerprint density at radius 3 is 2.75 bits per heavy atom. The summed E-state index contributed by atoms with van der Waals surface area (Å²) in [6.07, 6.45) is 0.441. The number of piperazine rings is 1. The van der Waals surface area contributed by atoms with Crippen LogP contribution in [-0.2, 0) is 14.8 Å². The molecule has 2 rings (SSSR count). The first-order chi connectivity index (χ1) is 9.37. The smallest absolute Gasteiger partial charge is 0.245 e. The van der Waals surface area contributed by atoms with Crippen LogP contribution in [0.25, 0.3) is 0 Å². The molecule has 1 aromatic rings. The molecule has 0 saturated carbocycles. The van der Waals surface area contributed by atoms with Crippen molar-refractivity contribution in [3.05, 3.63) is 27.1 Å². The van der Waals surface area contributed by atoms with Gasteiger partial charge in [0.1, 0.15) is 6.04 Å². The molecule has 1 aliphatic rings. The molecule has 5 nitrogen and oxygen atoms in total. The summed E-state index contributed by atoms with van der Waals surface area (Å²) in [5.41, 5.74) is 0. The summed E-state index contributed by atoms with van der Waals surface area (Å²) in [7, 11) is -3.71. The molecule has 1 atom stereocenters. The van der Waals surface area contributed by atoms with E-state index in [2.05, 4.69) is 37.2 Å². The molecule has 1 aromatic carbocycles. The van der Waals surface area contributed by atoms with Gasteiger partial charge in [-0.15, -0.1) is 0 Å². The maximum absolute atomic E-state index is 12.8. The molecule has 1 unspecified atom stereocenters. The van der Waals surface area contributed by atoms with Crippen LogP contribution < -0.4 is 5.32 Å². The van der Waals surface area contributed by atoms with Gasteiger partial charge in [-0.25, -0.2) is 8.42 Å². The van der Waals surface area contributed by atoms with E-state index in [0.717, 1.165) is 0 Å². The van der Waals surface area contributed by atoms with E-state index in [0.29, 0.717) is 21.9 Å². The predicted molar refractivity (Wildman–Crippen MR) is 82.8 cm³/mol. The van der Waals surface area contributed by atoms with Crippen LogP contribution >= 0.6 is 31.9 Å². The highest BCUT2D eigenvalue weighted by molar-refractivity contribution is 9.11. The van der Waals surface area contributed by atoms with E-state index < -0.39 is 16.1 Å². The summed E-state index contributed by atoms with van der Waals surface area (Å²) in [6.45, 7) is 2.42. The Labute approximate surface area is 135 Å². The van der Waals surface area contributed by atoms with Crippen LogP contribution in [0.15, 0.2) is 32.0 Å². The molecule has 1 fully saturated rings. The monoisotopic (exact) mass is 424 g/mol. The van der Waals surface area contributed by atoms with Crippen molar-refractivity contribution in [3.63, 3.8) is 0 Å². The van der Waals surface area contributed by atoms with Crippen molar-refractivity contribution < 1.29 is 13.2 Å². The molecular weight excluding hydrogens is 412 g/mol. The van der Waals surface area contributed by atoms with Crippen molar-refractivity contribution in [1.29, 1.82) is 0 Å². The first kappa shape index (κ1) is 15.9. The van der Waals surface area contributed by atoms with E-state index in [1.165, 1.54) is 4.31 Å². The first-order valence-electron chi connectivity index (χ1n) is 6.12. The van der Waals surface area contributed by atoms with E-state index in [-0.39, 0.29) is 17.3 Å². The Morgan fingerprint density at radius 2 is 2.10 bits per heavy atom. The summed E-state index contributed by atoms with van der Waals surface area (Å²) in [5.74, 6) is -0.242. The second-order valence-corrected chi connectivity index (χ2v) is 8.03. The maximum atomic E-state index is 12.8. The molecule has 0 aromatic heterocycles. The normalized spacial score (nSPS) is 20.8. The van der Waals surface area contributed by atoms with Crippen molar-refractivity contribution in [2.75, 3.05) is 13.1 Å². The topological polar surface area (TPSA) is 66.5 Å². The molecule has 1 saturated heterocycles. The van der Waals surface area contributed by atoms with Gasteiger partial charge < -0.3 is 5.32 Å². The molecule has 0 aliphatic carbocycles. The summed E-state index contributed by atoms with van der Waals surface area (Å²) in [6, 6.07) is 4.31. The van der Waals surface area contributed by atoms with Gasteiger partial charge >= 0.3 is 0 Å². The number of benzene rings is 1. The number of halogens is 2. The van der Waals surface area contributed by atoms with Crippen molar-refractivity contribution in [2.24, 2.45) is 0 Å². The zero-order chi connectivity index (χ0) is 14.9. The lowest BCUT2D eigenvalue weighted by Gasteiger charge is -2.33. The Morgan fingerprint density at radius 1 is 1.40 bits per heavy atom. The molecule has 0 bridgehead atoms. The maximum Gasteiger partial charge on any atom is 0.245 e. The fourth-order valence-electron chi connectivity index (χ4n) is 2.17. The average molecular weight is 426 g/mol. The van der Waals surface area contributed by atoms with E-state index in [1.807, 2.05) is 0 Å². The van der Waals surface area contributed by atoms with Crippen LogP contribution in [0.5, 0.6) is 0 Å². The van der Waals surface area contributed by atoms with Gasteiger partial charge in [0.2, 0.25) is 15.9 Å².